The second kappa shape index (κ2) is 7.29. The highest BCUT2D eigenvalue weighted by atomic mass is 16.4. The summed E-state index contributed by atoms with van der Waals surface area (Å²) in [6, 6.07) is 20.1. The van der Waals surface area contributed by atoms with Crippen molar-refractivity contribution < 1.29 is 9.21 Å². The molecule has 1 N–H and O–H groups in total. The molecule has 134 valence electrons. The second-order valence-corrected chi connectivity index (χ2v) is 6.11. The van der Waals surface area contributed by atoms with E-state index in [0.29, 0.717) is 11.1 Å². The number of rotatable bonds is 5. The van der Waals surface area contributed by atoms with Crippen LogP contribution in [-0.2, 0) is 11.3 Å². The highest BCUT2D eigenvalue weighted by molar-refractivity contribution is 5.80. The number of nitrogens with zero attached hydrogens (tertiary/aromatic N) is 2. The molecule has 2 aromatic heterocycles. The Balaban J connectivity index is 1.62. The van der Waals surface area contributed by atoms with E-state index in [4.69, 9.17) is 4.42 Å². The normalized spacial score (nSPS) is 12.0. The number of para-hydroxylation sites is 2. The Kier molecular flexibility index (Phi) is 4.53. The Morgan fingerprint density at radius 3 is 2.41 bits per heavy atom. The molecule has 2 aromatic carbocycles. The minimum absolute atomic E-state index is 0.121. The summed E-state index contributed by atoms with van der Waals surface area (Å²) in [5.41, 5.74) is 2.91. The van der Waals surface area contributed by atoms with Crippen LogP contribution in [0.2, 0.25) is 0 Å². The molecule has 0 spiro atoms. The number of amides is 1. The van der Waals surface area contributed by atoms with Gasteiger partial charge in [0.25, 0.3) is 0 Å². The summed E-state index contributed by atoms with van der Waals surface area (Å²) in [5.74, 6) is -0.833. The van der Waals surface area contributed by atoms with Crippen LogP contribution in [0.1, 0.15) is 17.2 Å². The lowest BCUT2D eigenvalue weighted by molar-refractivity contribution is -0.122. The van der Waals surface area contributed by atoms with E-state index in [-0.39, 0.29) is 18.5 Å². The van der Waals surface area contributed by atoms with Gasteiger partial charge in [-0.05, 0) is 35.4 Å². The molecule has 4 rings (SSSR count). The van der Waals surface area contributed by atoms with Crippen LogP contribution in [0.5, 0.6) is 0 Å². The van der Waals surface area contributed by atoms with Gasteiger partial charge in [-0.15, -0.1) is 0 Å². The monoisotopic (exact) mass is 359 g/mol. The summed E-state index contributed by atoms with van der Waals surface area (Å²) in [6.45, 7) is -0.121. The second-order valence-electron chi connectivity index (χ2n) is 6.11. The molecule has 0 aliphatic heterocycles. The first kappa shape index (κ1) is 16.8. The Morgan fingerprint density at radius 2 is 1.63 bits per heavy atom. The fourth-order valence-electron chi connectivity index (χ4n) is 3.07. The van der Waals surface area contributed by atoms with Crippen LogP contribution in [0.15, 0.2) is 88.3 Å². The molecule has 0 saturated carbocycles. The van der Waals surface area contributed by atoms with Gasteiger partial charge in [0.1, 0.15) is 6.54 Å². The number of aromatic nitrogens is 2. The molecular formula is C21H17N3O3. The maximum absolute atomic E-state index is 12.7. The molecule has 0 radical (unpaired) electrons. The average Bonchev–Trinajstić information content (AvgIpc) is 3.03. The summed E-state index contributed by atoms with van der Waals surface area (Å²) < 4.78 is 6.53. The van der Waals surface area contributed by atoms with Gasteiger partial charge in [-0.1, -0.05) is 42.5 Å². The summed E-state index contributed by atoms with van der Waals surface area (Å²) in [7, 11) is 0. The first-order valence-electron chi connectivity index (χ1n) is 8.55. The van der Waals surface area contributed by atoms with Crippen molar-refractivity contribution in [2.45, 2.75) is 12.6 Å². The topological polar surface area (TPSA) is 77.1 Å². The van der Waals surface area contributed by atoms with Gasteiger partial charge in [0.2, 0.25) is 5.91 Å². The van der Waals surface area contributed by atoms with Gasteiger partial charge in [-0.2, -0.15) is 0 Å². The average molecular weight is 359 g/mol. The summed E-state index contributed by atoms with van der Waals surface area (Å²) in [5, 5.41) is 3.01. The van der Waals surface area contributed by atoms with Gasteiger partial charge < -0.3 is 9.73 Å². The molecule has 1 unspecified atom stereocenters. The van der Waals surface area contributed by atoms with Crippen LogP contribution in [0.3, 0.4) is 0 Å². The maximum Gasteiger partial charge on any atom is 0.420 e. The molecule has 27 heavy (non-hydrogen) atoms. The summed E-state index contributed by atoms with van der Waals surface area (Å²) in [6.07, 6.45) is 3.37. The van der Waals surface area contributed by atoms with E-state index in [0.717, 1.165) is 11.1 Å². The predicted molar refractivity (Wildman–Crippen MR) is 101 cm³/mol. The Bertz CT molecular complexity index is 1080. The quantitative estimate of drug-likeness (QED) is 0.594. The van der Waals surface area contributed by atoms with Gasteiger partial charge in [0.15, 0.2) is 5.58 Å². The molecule has 2 heterocycles. The van der Waals surface area contributed by atoms with Gasteiger partial charge in [-0.3, -0.25) is 14.3 Å². The number of nitrogens with one attached hydrogen (secondary N) is 1. The molecule has 0 fully saturated rings. The van der Waals surface area contributed by atoms with Crippen molar-refractivity contribution in [1.29, 1.82) is 0 Å². The largest absolute Gasteiger partial charge is 0.420 e. The van der Waals surface area contributed by atoms with E-state index in [1.165, 1.54) is 4.57 Å². The predicted octanol–water partition coefficient (Wildman–Crippen LogP) is 2.90. The molecular weight excluding hydrogens is 342 g/mol. The number of pyridine rings is 1. The Labute approximate surface area is 155 Å². The van der Waals surface area contributed by atoms with Crippen LogP contribution in [0.25, 0.3) is 11.1 Å². The lowest BCUT2D eigenvalue weighted by atomic mass is 10.00. The van der Waals surface area contributed by atoms with Gasteiger partial charge in [0, 0.05) is 12.4 Å². The molecule has 1 amide bonds. The van der Waals surface area contributed by atoms with Crippen LogP contribution >= 0.6 is 0 Å². The third kappa shape index (κ3) is 3.50. The number of hydrogen-bond donors (Lipinski definition) is 1. The van der Waals surface area contributed by atoms with E-state index < -0.39 is 5.76 Å². The van der Waals surface area contributed by atoms with Gasteiger partial charge >= 0.3 is 5.76 Å². The molecule has 0 aliphatic carbocycles. The van der Waals surface area contributed by atoms with Crippen molar-refractivity contribution >= 4 is 17.0 Å². The van der Waals surface area contributed by atoms with Crippen LogP contribution in [0, 0.1) is 0 Å². The lowest BCUT2D eigenvalue weighted by Crippen LogP contribution is -2.34. The molecule has 0 bridgehead atoms. The zero-order valence-corrected chi connectivity index (χ0v) is 14.4. The third-order valence-electron chi connectivity index (χ3n) is 4.35. The Morgan fingerprint density at radius 1 is 0.963 bits per heavy atom. The van der Waals surface area contributed by atoms with Crippen molar-refractivity contribution in [2.24, 2.45) is 0 Å². The van der Waals surface area contributed by atoms with Crippen LogP contribution in [-0.4, -0.2) is 15.5 Å². The van der Waals surface area contributed by atoms with E-state index in [1.807, 2.05) is 42.5 Å². The molecule has 0 saturated heterocycles. The summed E-state index contributed by atoms with van der Waals surface area (Å²) in [4.78, 5) is 28.9. The standard InChI is InChI=1S/C21H17N3O3/c25-19(14-24-17-8-4-5-9-18(17)27-21(24)26)23-20(15-6-2-1-3-7-15)16-10-12-22-13-11-16/h1-13,20H,14H2,(H,23,25). The zero-order chi connectivity index (χ0) is 18.6. The summed E-state index contributed by atoms with van der Waals surface area (Å²) >= 11 is 0. The third-order valence-corrected chi connectivity index (χ3v) is 4.35. The minimum Gasteiger partial charge on any atom is -0.408 e. The highest BCUT2D eigenvalue weighted by Crippen LogP contribution is 2.21. The molecule has 6 nitrogen and oxygen atoms in total. The van der Waals surface area contributed by atoms with Crippen molar-refractivity contribution in [2.75, 3.05) is 0 Å². The number of carbonyl (C=O) groups is 1. The Hall–Kier alpha value is -3.67. The smallest absolute Gasteiger partial charge is 0.408 e. The zero-order valence-electron chi connectivity index (χ0n) is 14.4. The van der Waals surface area contributed by atoms with Crippen molar-refractivity contribution in [1.82, 2.24) is 14.9 Å². The van der Waals surface area contributed by atoms with Crippen molar-refractivity contribution in [3.05, 3.63) is 101 Å². The lowest BCUT2D eigenvalue weighted by Gasteiger charge is -2.19. The number of benzene rings is 2. The first-order chi connectivity index (χ1) is 13.2. The minimum atomic E-state index is -0.550. The number of carbonyl (C=O) groups excluding carboxylic acids is 1. The van der Waals surface area contributed by atoms with E-state index in [2.05, 4.69) is 10.3 Å². The first-order valence-corrected chi connectivity index (χ1v) is 8.55. The van der Waals surface area contributed by atoms with Gasteiger partial charge in [0.05, 0.1) is 11.6 Å². The van der Waals surface area contributed by atoms with Gasteiger partial charge in [-0.25, -0.2) is 4.79 Å². The molecule has 4 aromatic rings. The van der Waals surface area contributed by atoms with Crippen molar-refractivity contribution in [3.63, 3.8) is 0 Å². The number of fused-ring (bicyclic) bond motifs is 1. The number of oxazole rings is 1. The van der Waals surface area contributed by atoms with E-state index in [9.17, 15) is 9.59 Å². The van der Waals surface area contributed by atoms with E-state index >= 15 is 0 Å². The molecule has 1 atom stereocenters. The van der Waals surface area contributed by atoms with E-state index in [1.54, 1.807) is 36.7 Å². The SMILES string of the molecule is O=C(Cn1c(=O)oc2ccccc21)NC(c1ccccc1)c1ccncc1. The van der Waals surface area contributed by atoms with Crippen LogP contribution < -0.4 is 11.1 Å². The maximum atomic E-state index is 12.7. The molecule has 6 heteroatoms. The fourth-order valence-corrected chi connectivity index (χ4v) is 3.07. The van der Waals surface area contributed by atoms with Crippen molar-refractivity contribution in [3.8, 4) is 0 Å². The van der Waals surface area contributed by atoms with Crippen LogP contribution in [0.4, 0.5) is 0 Å². The fraction of sp³-hybridized carbons (Fsp3) is 0.0952. The molecule has 0 aliphatic rings. The highest BCUT2D eigenvalue weighted by Gasteiger charge is 2.18. The number of hydrogen-bond acceptors (Lipinski definition) is 4.